The van der Waals surface area contributed by atoms with Crippen LogP contribution in [0.2, 0.25) is 0 Å². The van der Waals surface area contributed by atoms with Crippen LogP contribution in [0.15, 0.2) is 90.0 Å². The lowest BCUT2D eigenvalue weighted by molar-refractivity contribution is 0.0838. The third-order valence-corrected chi connectivity index (χ3v) is 8.07. The third kappa shape index (κ3) is 3.45. The average Bonchev–Trinajstić information content (AvgIpc) is 3.46. The van der Waals surface area contributed by atoms with E-state index in [2.05, 4.69) is 0 Å². The Morgan fingerprint density at radius 3 is 2.34 bits per heavy atom. The molecule has 1 fully saturated rings. The molecule has 1 saturated heterocycles. The largest absolute Gasteiger partial charge is 0.285 e. The fourth-order valence-corrected chi connectivity index (χ4v) is 6.14. The molecule has 0 radical (unpaired) electrons. The summed E-state index contributed by atoms with van der Waals surface area (Å²) in [5, 5.41) is 0.970. The van der Waals surface area contributed by atoms with Crippen molar-refractivity contribution in [1.29, 1.82) is 0 Å². The Bertz CT molecular complexity index is 1390. The van der Waals surface area contributed by atoms with Crippen molar-refractivity contribution < 1.29 is 13.2 Å². The number of benzene rings is 3. The highest BCUT2D eigenvalue weighted by Crippen LogP contribution is 2.33. The number of carbonyl (C=O) groups excluding carboxylic acids is 1. The van der Waals surface area contributed by atoms with Crippen LogP contribution >= 0.6 is 0 Å². The summed E-state index contributed by atoms with van der Waals surface area (Å²) in [7, 11) is -3.76. The van der Waals surface area contributed by atoms with Crippen LogP contribution < -0.4 is 0 Å². The zero-order valence-electron chi connectivity index (χ0n) is 17.8. The Kier molecular flexibility index (Phi) is 5.19. The Labute approximate surface area is 188 Å². The summed E-state index contributed by atoms with van der Waals surface area (Å²) in [5.74, 6) is -0.212. The maximum atomic E-state index is 13.7. The van der Waals surface area contributed by atoms with Gasteiger partial charge in [0.25, 0.3) is 0 Å². The van der Waals surface area contributed by atoms with Gasteiger partial charge in [0.15, 0.2) is 0 Å². The number of rotatable bonds is 4. The number of carbonyl (C=O) groups is 1. The zero-order valence-corrected chi connectivity index (χ0v) is 18.6. The minimum Gasteiger partial charge on any atom is -0.285 e. The van der Waals surface area contributed by atoms with Crippen molar-refractivity contribution in [2.45, 2.75) is 30.7 Å². The summed E-state index contributed by atoms with van der Waals surface area (Å²) in [4.78, 5) is 13.9. The fourth-order valence-electron chi connectivity index (χ4n) is 4.49. The van der Waals surface area contributed by atoms with Crippen molar-refractivity contribution in [2.24, 2.45) is 0 Å². The molecule has 162 valence electrons. The second kappa shape index (κ2) is 8.04. The van der Waals surface area contributed by atoms with Crippen LogP contribution in [0, 0.1) is 6.92 Å². The van der Waals surface area contributed by atoms with Gasteiger partial charge in [0, 0.05) is 23.7 Å². The third-order valence-electron chi connectivity index (χ3n) is 6.15. The van der Waals surface area contributed by atoms with E-state index in [1.165, 1.54) is 4.31 Å². The second-order valence-corrected chi connectivity index (χ2v) is 10.1. The molecule has 0 aliphatic carbocycles. The molecular formula is C26H24N2O3S. The maximum Gasteiger partial charge on any atom is 0.249 e. The summed E-state index contributed by atoms with van der Waals surface area (Å²) in [6.45, 7) is 2.26. The molecule has 0 N–H and O–H groups in total. The van der Waals surface area contributed by atoms with Crippen molar-refractivity contribution in [3.05, 3.63) is 90.6 Å². The van der Waals surface area contributed by atoms with E-state index in [9.17, 15) is 13.2 Å². The number of nitrogens with zero attached hydrogens (tertiary/aromatic N) is 2. The Hall–Kier alpha value is -3.22. The molecule has 0 unspecified atom stereocenters. The first-order chi connectivity index (χ1) is 15.5. The van der Waals surface area contributed by atoms with Gasteiger partial charge in [0.1, 0.15) is 6.04 Å². The predicted octanol–water partition coefficient (Wildman–Crippen LogP) is 5.11. The lowest BCUT2D eigenvalue weighted by atomic mass is 10.1. The van der Waals surface area contributed by atoms with Crippen LogP contribution in [-0.2, 0) is 10.0 Å². The van der Waals surface area contributed by atoms with Crippen LogP contribution in [0.1, 0.15) is 23.2 Å². The number of aryl methyl sites for hydroxylation is 1. The van der Waals surface area contributed by atoms with E-state index in [1.54, 1.807) is 28.8 Å². The van der Waals surface area contributed by atoms with Crippen LogP contribution in [0.5, 0.6) is 0 Å². The average molecular weight is 445 g/mol. The summed E-state index contributed by atoms with van der Waals surface area (Å²) in [5.41, 5.74) is 3.76. The molecule has 32 heavy (non-hydrogen) atoms. The maximum absolute atomic E-state index is 13.7. The molecule has 5 rings (SSSR count). The number of aromatic nitrogens is 1. The molecule has 1 aliphatic heterocycles. The number of sulfonamides is 1. The topological polar surface area (TPSA) is 59.4 Å². The molecule has 2 heterocycles. The highest BCUT2D eigenvalue weighted by atomic mass is 32.2. The minimum absolute atomic E-state index is 0.212. The first kappa shape index (κ1) is 20.7. The SMILES string of the molecule is Cc1ccc(S(=O)(=O)N2CCC[C@@H]2C(=O)n2cc(-c3ccccc3)c3ccccc32)cc1. The van der Waals surface area contributed by atoms with Gasteiger partial charge in [0.2, 0.25) is 15.9 Å². The lowest BCUT2D eigenvalue weighted by Crippen LogP contribution is -2.42. The Morgan fingerprint density at radius 2 is 1.59 bits per heavy atom. The smallest absolute Gasteiger partial charge is 0.249 e. The van der Waals surface area contributed by atoms with Gasteiger partial charge in [0.05, 0.1) is 10.4 Å². The Morgan fingerprint density at radius 1 is 0.906 bits per heavy atom. The van der Waals surface area contributed by atoms with Gasteiger partial charge in [-0.2, -0.15) is 4.31 Å². The standard InChI is InChI=1S/C26H24N2O3S/c1-19-13-15-21(16-14-19)32(30,31)28-17-7-12-25(28)26(29)27-18-23(20-8-3-2-4-9-20)22-10-5-6-11-24(22)27/h2-6,8-11,13-16,18,25H,7,12,17H2,1H3/t25-/m1/s1. The normalized spacial score (nSPS) is 17.1. The van der Waals surface area contributed by atoms with Gasteiger partial charge in [-0.05, 0) is 43.5 Å². The quantitative estimate of drug-likeness (QED) is 0.439. The van der Waals surface area contributed by atoms with Crippen LogP contribution in [0.25, 0.3) is 22.0 Å². The van der Waals surface area contributed by atoms with Gasteiger partial charge < -0.3 is 0 Å². The number of hydrogen-bond donors (Lipinski definition) is 0. The number of fused-ring (bicyclic) bond motifs is 1. The molecule has 0 amide bonds. The van der Waals surface area contributed by atoms with Crippen molar-refractivity contribution in [2.75, 3.05) is 6.54 Å². The second-order valence-electron chi connectivity index (χ2n) is 8.22. The van der Waals surface area contributed by atoms with Crippen molar-refractivity contribution in [1.82, 2.24) is 8.87 Å². The molecule has 1 aliphatic rings. The van der Waals surface area contributed by atoms with E-state index >= 15 is 0 Å². The monoisotopic (exact) mass is 444 g/mol. The van der Waals surface area contributed by atoms with Gasteiger partial charge >= 0.3 is 0 Å². The van der Waals surface area contributed by atoms with E-state index in [0.29, 0.717) is 19.4 Å². The van der Waals surface area contributed by atoms with E-state index < -0.39 is 16.1 Å². The molecule has 1 aromatic heterocycles. The molecule has 5 nitrogen and oxygen atoms in total. The molecule has 0 bridgehead atoms. The fraction of sp³-hybridized carbons (Fsp3) is 0.192. The highest BCUT2D eigenvalue weighted by Gasteiger charge is 2.40. The van der Waals surface area contributed by atoms with E-state index in [4.69, 9.17) is 0 Å². The zero-order chi connectivity index (χ0) is 22.3. The van der Waals surface area contributed by atoms with Crippen LogP contribution in [0.3, 0.4) is 0 Å². The molecule has 4 aromatic rings. The summed E-state index contributed by atoms with van der Waals surface area (Å²) in [6, 6.07) is 23.8. The first-order valence-corrected chi connectivity index (χ1v) is 12.2. The van der Waals surface area contributed by atoms with Crippen molar-refractivity contribution >= 4 is 26.8 Å². The minimum atomic E-state index is -3.76. The van der Waals surface area contributed by atoms with E-state index in [-0.39, 0.29) is 10.8 Å². The van der Waals surface area contributed by atoms with Gasteiger partial charge in [-0.25, -0.2) is 8.42 Å². The molecule has 6 heteroatoms. The highest BCUT2D eigenvalue weighted by molar-refractivity contribution is 7.89. The number of hydrogen-bond acceptors (Lipinski definition) is 3. The van der Waals surface area contributed by atoms with Crippen molar-refractivity contribution in [3.63, 3.8) is 0 Å². The van der Waals surface area contributed by atoms with Crippen LogP contribution in [0.4, 0.5) is 0 Å². The van der Waals surface area contributed by atoms with Crippen LogP contribution in [-0.4, -0.2) is 35.8 Å². The van der Waals surface area contributed by atoms with Gasteiger partial charge in [-0.1, -0.05) is 66.2 Å². The molecule has 0 spiro atoms. The molecule has 0 saturated carbocycles. The first-order valence-electron chi connectivity index (χ1n) is 10.7. The lowest BCUT2D eigenvalue weighted by Gasteiger charge is -2.23. The molecular weight excluding hydrogens is 420 g/mol. The summed E-state index contributed by atoms with van der Waals surface area (Å²) >= 11 is 0. The summed E-state index contributed by atoms with van der Waals surface area (Å²) in [6.07, 6.45) is 3.01. The molecule has 1 atom stereocenters. The van der Waals surface area contributed by atoms with Gasteiger partial charge in [-0.15, -0.1) is 0 Å². The molecule has 3 aromatic carbocycles. The number of para-hydroxylation sites is 1. The van der Waals surface area contributed by atoms with E-state index in [0.717, 1.165) is 27.6 Å². The Balaban J connectivity index is 1.56. The summed E-state index contributed by atoms with van der Waals surface area (Å²) < 4.78 is 29.7. The predicted molar refractivity (Wildman–Crippen MR) is 126 cm³/mol. The van der Waals surface area contributed by atoms with Crippen molar-refractivity contribution in [3.8, 4) is 11.1 Å². The van der Waals surface area contributed by atoms with Gasteiger partial charge in [-0.3, -0.25) is 9.36 Å². The van der Waals surface area contributed by atoms with E-state index in [1.807, 2.05) is 67.7 Å².